The van der Waals surface area contributed by atoms with Crippen LogP contribution < -0.4 is 4.74 Å². The predicted molar refractivity (Wildman–Crippen MR) is 115 cm³/mol. The van der Waals surface area contributed by atoms with Gasteiger partial charge in [0, 0.05) is 19.8 Å². The summed E-state index contributed by atoms with van der Waals surface area (Å²) >= 11 is 3.49. The molecule has 1 aromatic carbocycles. The summed E-state index contributed by atoms with van der Waals surface area (Å²) in [5, 5.41) is 4.45. The Morgan fingerprint density at radius 3 is 2.86 bits per heavy atom. The van der Waals surface area contributed by atoms with Gasteiger partial charge in [-0.15, -0.1) is 6.58 Å². The Balaban J connectivity index is 1.62. The molecule has 6 nitrogen and oxygen atoms in total. The Hall–Kier alpha value is -2.80. The number of carbonyl (C=O) groups is 1. The highest BCUT2D eigenvalue weighted by molar-refractivity contribution is 9.10. The molecule has 7 heteroatoms. The van der Waals surface area contributed by atoms with Gasteiger partial charge in [0.2, 0.25) is 0 Å². The molecule has 0 fully saturated rings. The fourth-order valence-electron chi connectivity index (χ4n) is 2.88. The molecule has 0 saturated carbocycles. The molecule has 29 heavy (non-hydrogen) atoms. The Labute approximate surface area is 178 Å². The fraction of sp³-hybridized carbons (Fsp3) is 0.273. The van der Waals surface area contributed by atoms with Gasteiger partial charge < -0.3 is 14.1 Å². The quantitative estimate of drug-likeness (QED) is 0.431. The van der Waals surface area contributed by atoms with Crippen molar-refractivity contribution in [2.45, 2.75) is 33.0 Å². The molecule has 0 bridgehead atoms. The molecule has 0 aliphatic heterocycles. The number of aromatic nitrogens is 2. The zero-order chi connectivity index (χ0) is 20.8. The summed E-state index contributed by atoms with van der Waals surface area (Å²) in [7, 11) is 1.73. The third kappa shape index (κ3) is 5.17. The van der Waals surface area contributed by atoms with E-state index in [1.807, 2.05) is 48.1 Å². The predicted octanol–water partition coefficient (Wildman–Crippen LogP) is 4.84. The van der Waals surface area contributed by atoms with Gasteiger partial charge in [0.05, 0.1) is 16.7 Å². The van der Waals surface area contributed by atoms with Crippen LogP contribution >= 0.6 is 15.9 Å². The van der Waals surface area contributed by atoms with Gasteiger partial charge >= 0.3 is 0 Å². The van der Waals surface area contributed by atoms with Crippen molar-refractivity contribution >= 4 is 21.8 Å². The summed E-state index contributed by atoms with van der Waals surface area (Å²) in [4.78, 5) is 14.3. The number of rotatable bonds is 9. The average molecular weight is 458 g/mol. The van der Waals surface area contributed by atoms with Gasteiger partial charge in [0.1, 0.15) is 18.1 Å². The number of furan rings is 1. The number of carbonyl (C=O) groups excluding carboxylic acids is 1. The topological polar surface area (TPSA) is 60.5 Å². The minimum Gasteiger partial charge on any atom is -0.485 e. The molecule has 0 aliphatic rings. The monoisotopic (exact) mass is 457 g/mol. The van der Waals surface area contributed by atoms with Gasteiger partial charge in [-0.2, -0.15) is 5.10 Å². The van der Waals surface area contributed by atoms with E-state index < -0.39 is 0 Å². The average Bonchev–Trinajstić information content (AvgIpc) is 3.33. The number of ether oxygens (including phenoxy) is 1. The van der Waals surface area contributed by atoms with Gasteiger partial charge in [0.15, 0.2) is 5.76 Å². The molecule has 0 unspecified atom stereocenters. The van der Waals surface area contributed by atoms with Crippen molar-refractivity contribution in [3.05, 3.63) is 82.5 Å². The Bertz CT molecular complexity index is 993. The Morgan fingerprint density at radius 2 is 2.14 bits per heavy atom. The first kappa shape index (κ1) is 20.9. The van der Waals surface area contributed by atoms with Crippen LogP contribution in [-0.2, 0) is 26.1 Å². The van der Waals surface area contributed by atoms with Crippen molar-refractivity contribution in [2.24, 2.45) is 0 Å². The van der Waals surface area contributed by atoms with Crippen LogP contribution in [0, 0.1) is 0 Å². The number of hydrogen-bond donors (Lipinski definition) is 0. The lowest BCUT2D eigenvalue weighted by Crippen LogP contribution is -2.26. The number of aryl methyl sites for hydroxylation is 1. The van der Waals surface area contributed by atoms with Gasteiger partial charge in [-0.25, -0.2) is 0 Å². The van der Waals surface area contributed by atoms with Gasteiger partial charge in [0.25, 0.3) is 5.91 Å². The van der Waals surface area contributed by atoms with Gasteiger partial charge in [-0.05, 0) is 53.0 Å². The summed E-state index contributed by atoms with van der Waals surface area (Å²) in [5.41, 5.74) is 1.86. The van der Waals surface area contributed by atoms with E-state index in [9.17, 15) is 4.79 Å². The van der Waals surface area contributed by atoms with Crippen LogP contribution in [-0.4, -0.2) is 27.6 Å². The van der Waals surface area contributed by atoms with E-state index >= 15 is 0 Å². The maximum atomic E-state index is 12.7. The van der Waals surface area contributed by atoms with Crippen LogP contribution in [0.2, 0.25) is 0 Å². The highest BCUT2D eigenvalue weighted by atomic mass is 79.9. The first-order valence-electron chi connectivity index (χ1n) is 9.39. The molecule has 0 atom stereocenters. The molecule has 0 N–H and O–H groups in total. The molecule has 152 valence electrons. The minimum atomic E-state index is -0.207. The summed E-state index contributed by atoms with van der Waals surface area (Å²) in [5.74, 6) is 1.44. The Morgan fingerprint density at radius 1 is 1.34 bits per heavy atom. The van der Waals surface area contributed by atoms with Crippen LogP contribution in [0.5, 0.6) is 5.75 Å². The number of para-hydroxylation sites is 1. The lowest BCUT2D eigenvalue weighted by atomic mass is 10.1. The number of nitrogens with zero attached hydrogens (tertiary/aromatic N) is 3. The smallest absolute Gasteiger partial charge is 0.289 e. The van der Waals surface area contributed by atoms with E-state index in [1.165, 1.54) is 0 Å². The molecular formula is C22H24BrN3O3. The van der Waals surface area contributed by atoms with Crippen molar-refractivity contribution in [3.8, 4) is 5.75 Å². The zero-order valence-corrected chi connectivity index (χ0v) is 18.2. The van der Waals surface area contributed by atoms with Crippen molar-refractivity contribution in [3.63, 3.8) is 0 Å². The molecule has 0 radical (unpaired) electrons. The second-order valence-electron chi connectivity index (χ2n) is 6.60. The summed E-state index contributed by atoms with van der Waals surface area (Å²) < 4.78 is 14.3. The van der Waals surface area contributed by atoms with E-state index in [0.29, 0.717) is 12.3 Å². The van der Waals surface area contributed by atoms with E-state index in [-0.39, 0.29) is 18.3 Å². The lowest BCUT2D eigenvalue weighted by Gasteiger charge is -2.14. The van der Waals surface area contributed by atoms with Gasteiger partial charge in [-0.3, -0.25) is 9.48 Å². The van der Waals surface area contributed by atoms with Crippen LogP contribution in [0.25, 0.3) is 0 Å². The van der Waals surface area contributed by atoms with E-state index in [2.05, 4.69) is 27.6 Å². The summed E-state index contributed by atoms with van der Waals surface area (Å²) in [6.07, 6.45) is 4.47. The maximum Gasteiger partial charge on any atom is 0.289 e. The summed E-state index contributed by atoms with van der Waals surface area (Å²) in [6, 6.07) is 11.2. The number of hydrogen-bond acceptors (Lipinski definition) is 4. The van der Waals surface area contributed by atoms with Gasteiger partial charge in [-0.1, -0.05) is 24.3 Å². The highest BCUT2D eigenvalue weighted by Crippen LogP contribution is 2.22. The maximum absolute atomic E-state index is 12.7. The molecule has 2 heterocycles. The molecule has 0 saturated heterocycles. The van der Waals surface area contributed by atoms with E-state index in [4.69, 9.17) is 9.15 Å². The molecule has 3 rings (SSSR count). The summed E-state index contributed by atoms with van der Waals surface area (Å²) in [6.45, 7) is 7.19. The van der Waals surface area contributed by atoms with Crippen LogP contribution in [0.15, 0.2) is 64.1 Å². The molecular weight excluding hydrogens is 434 g/mol. The van der Waals surface area contributed by atoms with E-state index in [1.54, 1.807) is 24.1 Å². The standard InChI is InChI=1S/C22H24BrN3O3/c1-4-8-16-9-6-7-10-20(16)28-15-17-11-12-21(29-17)22(27)25(3)14-19-18(23)13-26(5-2)24-19/h4,6-7,9-13H,1,5,8,14-15H2,2-3H3. The van der Waals surface area contributed by atoms with Crippen molar-refractivity contribution < 1.29 is 13.9 Å². The van der Waals surface area contributed by atoms with Crippen molar-refractivity contribution in [2.75, 3.05) is 7.05 Å². The molecule has 2 aromatic heterocycles. The number of halogens is 1. The second kappa shape index (κ2) is 9.60. The Kier molecular flexibility index (Phi) is 6.93. The largest absolute Gasteiger partial charge is 0.485 e. The van der Waals surface area contributed by atoms with E-state index in [0.717, 1.165) is 34.4 Å². The number of amides is 1. The second-order valence-corrected chi connectivity index (χ2v) is 7.45. The number of allylic oxidation sites excluding steroid dienone is 1. The minimum absolute atomic E-state index is 0.207. The van der Waals surface area contributed by atoms with Crippen molar-refractivity contribution in [1.82, 2.24) is 14.7 Å². The normalized spacial score (nSPS) is 10.7. The highest BCUT2D eigenvalue weighted by Gasteiger charge is 2.19. The molecule has 3 aromatic rings. The van der Waals surface area contributed by atoms with Crippen LogP contribution in [0.3, 0.4) is 0 Å². The van der Waals surface area contributed by atoms with Crippen LogP contribution in [0.1, 0.15) is 34.5 Å². The first-order chi connectivity index (χ1) is 14.0. The number of benzene rings is 1. The first-order valence-corrected chi connectivity index (χ1v) is 10.2. The van der Waals surface area contributed by atoms with Crippen molar-refractivity contribution in [1.29, 1.82) is 0 Å². The third-order valence-electron chi connectivity index (χ3n) is 4.42. The molecule has 0 aliphatic carbocycles. The fourth-order valence-corrected chi connectivity index (χ4v) is 3.32. The zero-order valence-electron chi connectivity index (χ0n) is 16.6. The lowest BCUT2D eigenvalue weighted by molar-refractivity contribution is 0.0747. The third-order valence-corrected chi connectivity index (χ3v) is 5.09. The molecule has 0 spiro atoms. The van der Waals surface area contributed by atoms with Crippen LogP contribution in [0.4, 0.5) is 0 Å². The molecule has 1 amide bonds. The SMILES string of the molecule is C=CCc1ccccc1OCc1ccc(C(=O)N(C)Cc2nn(CC)cc2Br)o1.